The Kier molecular flexibility index (Phi) is 3.39. The number of carbonyl (C=O) groups excluding carboxylic acids is 1. The van der Waals surface area contributed by atoms with Crippen LogP contribution >= 0.6 is 0 Å². The minimum Gasteiger partial charge on any atom is -0.508 e. The number of nitrogens with zero attached hydrogens (tertiary/aromatic N) is 1. The Bertz CT molecular complexity index is 663. The second-order valence-electron chi connectivity index (χ2n) is 4.92. The predicted octanol–water partition coefficient (Wildman–Crippen LogP) is 2.13. The maximum Gasteiger partial charge on any atom is 0.254 e. The van der Waals surface area contributed by atoms with Gasteiger partial charge in [0.2, 0.25) is 0 Å². The Morgan fingerprint density at radius 1 is 1.10 bits per heavy atom. The summed E-state index contributed by atoms with van der Waals surface area (Å²) in [5.74, 6) is 0.266. The number of ether oxygens (including phenoxy) is 1. The van der Waals surface area contributed by atoms with Gasteiger partial charge in [-0.1, -0.05) is 18.2 Å². The molecule has 1 aliphatic rings. The normalized spacial score (nSPS) is 14.0. The SMILES string of the molecule is O=C(c1cc(O)cc(O)c1)N1CCOc2ccccc2C1. The van der Waals surface area contributed by atoms with Crippen molar-refractivity contribution in [1.29, 1.82) is 0 Å². The van der Waals surface area contributed by atoms with E-state index in [1.54, 1.807) is 4.90 Å². The molecule has 5 nitrogen and oxygen atoms in total. The maximum atomic E-state index is 12.5. The molecule has 0 atom stereocenters. The van der Waals surface area contributed by atoms with Gasteiger partial charge < -0.3 is 19.8 Å². The largest absolute Gasteiger partial charge is 0.508 e. The van der Waals surface area contributed by atoms with Crippen molar-refractivity contribution in [3.8, 4) is 17.2 Å². The number of hydrogen-bond donors (Lipinski definition) is 2. The minimum atomic E-state index is -0.249. The molecule has 5 heteroatoms. The molecule has 108 valence electrons. The lowest BCUT2D eigenvalue weighted by Gasteiger charge is -2.20. The molecular formula is C16H15NO4. The average molecular weight is 285 g/mol. The number of amides is 1. The Morgan fingerprint density at radius 3 is 2.57 bits per heavy atom. The zero-order valence-electron chi connectivity index (χ0n) is 11.3. The highest BCUT2D eigenvalue weighted by atomic mass is 16.5. The Morgan fingerprint density at radius 2 is 1.81 bits per heavy atom. The number of benzene rings is 2. The third-order valence-corrected chi connectivity index (χ3v) is 3.39. The third kappa shape index (κ3) is 2.76. The van der Waals surface area contributed by atoms with E-state index in [1.165, 1.54) is 18.2 Å². The van der Waals surface area contributed by atoms with E-state index in [4.69, 9.17) is 4.74 Å². The first-order valence-electron chi connectivity index (χ1n) is 6.66. The molecule has 0 saturated heterocycles. The summed E-state index contributed by atoms with van der Waals surface area (Å²) < 4.78 is 5.62. The molecule has 2 N–H and O–H groups in total. The second-order valence-corrected chi connectivity index (χ2v) is 4.92. The summed E-state index contributed by atoms with van der Waals surface area (Å²) in [6.45, 7) is 1.29. The van der Waals surface area contributed by atoms with Crippen LogP contribution in [-0.4, -0.2) is 34.2 Å². The van der Waals surface area contributed by atoms with Crippen LogP contribution in [-0.2, 0) is 6.54 Å². The van der Waals surface area contributed by atoms with Gasteiger partial charge in [-0.2, -0.15) is 0 Å². The first kappa shape index (κ1) is 13.3. The highest BCUT2D eigenvalue weighted by molar-refractivity contribution is 5.95. The minimum absolute atomic E-state index is 0.134. The van der Waals surface area contributed by atoms with Gasteiger partial charge in [0, 0.05) is 23.7 Å². The van der Waals surface area contributed by atoms with Gasteiger partial charge in [-0.25, -0.2) is 0 Å². The van der Waals surface area contributed by atoms with Crippen LogP contribution in [0.2, 0.25) is 0 Å². The van der Waals surface area contributed by atoms with Crippen molar-refractivity contribution in [2.24, 2.45) is 0 Å². The monoisotopic (exact) mass is 285 g/mol. The molecule has 2 aromatic rings. The van der Waals surface area contributed by atoms with E-state index >= 15 is 0 Å². The fourth-order valence-corrected chi connectivity index (χ4v) is 2.40. The summed E-state index contributed by atoms with van der Waals surface area (Å²) in [6.07, 6.45) is 0. The van der Waals surface area contributed by atoms with Gasteiger partial charge in [0.15, 0.2) is 0 Å². The molecule has 0 aliphatic carbocycles. The molecule has 21 heavy (non-hydrogen) atoms. The number of para-hydroxylation sites is 1. The lowest BCUT2D eigenvalue weighted by Crippen LogP contribution is -2.32. The number of hydrogen-bond acceptors (Lipinski definition) is 4. The van der Waals surface area contributed by atoms with Crippen LogP contribution in [0.25, 0.3) is 0 Å². The highest BCUT2D eigenvalue weighted by Gasteiger charge is 2.21. The lowest BCUT2D eigenvalue weighted by molar-refractivity contribution is 0.0732. The van der Waals surface area contributed by atoms with E-state index < -0.39 is 0 Å². The van der Waals surface area contributed by atoms with Gasteiger partial charge in [0.1, 0.15) is 23.9 Å². The predicted molar refractivity (Wildman–Crippen MR) is 76.4 cm³/mol. The maximum absolute atomic E-state index is 12.5. The van der Waals surface area contributed by atoms with E-state index in [9.17, 15) is 15.0 Å². The van der Waals surface area contributed by atoms with Crippen LogP contribution in [0.1, 0.15) is 15.9 Å². The fraction of sp³-hybridized carbons (Fsp3) is 0.188. The molecule has 0 fully saturated rings. The van der Waals surface area contributed by atoms with Crippen molar-refractivity contribution in [1.82, 2.24) is 4.90 Å². The van der Waals surface area contributed by atoms with Crippen LogP contribution in [0.3, 0.4) is 0 Å². The van der Waals surface area contributed by atoms with Crippen molar-refractivity contribution in [3.05, 3.63) is 53.6 Å². The van der Waals surface area contributed by atoms with Gasteiger partial charge in [-0.05, 0) is 18.2 Å². The van der Waals surface area contributed by atoms with E-state index in [2.05, 4.69) is 0 Å². The van der Waals surface area contributed by atoms with Crippen LogP contribution in [0.4, 0.5) is 0 Å². The van der Waals surface area contributed by atoms with Crippen LogP contribution in [0.15, 0.2) is 42.5 Å². The molecular weight excluding hydrogens is 270 g/mol. The van der Waals surface area contributed by atoms with Crippen molar-refractivity contribution >= 4 is 5.91 Å². The van der Waals surface area contributed by atoms with E-state index in [-0.39, 0.29) is 23.0 Å². The number of rotatable bonds is 1. The quantitative estimate of drug-likeness (QED) is 0.842. The van der Waals surface area contributed by atoms with Crippen LogP contribution < -0.4 is 4.74 Å². The zero-order valence-corrected chi connectivity index (χ0v) is 11.3. The van der Waals surface area contributed by atoms with E-state index in [1.807, 2.05) is 24.3 Å². The van der Waals surface area contributed by atoms with E-state index in [0.717, 1.165) is 11.3 Å². The second kappa shape index (κ2) is 5.36. The summed E-state index contributed by atoms with van der Waals surface area (Å²) in [5.41, 5.74) is 1.19. The molecule has 0 unspecified atom stereocenters. The van der Waals surface area contributed by atoms with E-state index in [0.29, 0.717) is 19.7 Å². The number of aromatic hydroxyl groups is 2. The Balaban J connectivity index is 1.88. The van der Waals surface area contributed by atoms with Gasteiger partial charge in [0.25, 0.3) is 5.91 Å². The van der Waals surface area contributed by atoms with Crippen molar-refractivity contribution in [2.75, 3.05) is 13.2 Å². The van der Waals surface area contributed by atoms with Crippen LogP contribution in [0.5, 0.6) is 17.2 Å². The molecule has 1 heterocycles. The molecule has 3 rings (SSSR count). The molecule has 1 amide bonds. The number of fused-ring (bicyclic) bond motifs is 1. The molecule has 0 saturated carbocycles. The average Bonchev–Trinajstić information content (AvgIpc) is 2.67. The van der Waals surface area contributed by atoms with Gasteiger partial charge >= 0.3 is 0 Å². The summed E-state index contributed by atoms with van der Waals surface area (Å²) in [7, 11) is 0. The van der Waals surface area contributed by atoms with Crippen molar-refractivity contribution in [3.63, 3.8) is 0 Å². The molecule has 1 aliphatic heterocycles. The summed E-state index contributed by atoms with van der Waals surface area (Å²) in [4.78, 5) is 14.2. The number of carbonyl (C=O) groups is 1. The van der Waals surface area contributed by atoms with Gasteiger partial charge in [-0.3, -0.25) is 4.79 Å². The lowest BCUT2D eigenvalue weighted by atomic mass is 10.1. The van der Waals surface area contributed by atoms with Crippen LogP contribution in [0, 0.1) is 0 Å². The topological polar surface area (TPSA) is 70.0 Å². The molecule has 0 radical (unpaired) electrons. The highest BCUT2D eigenvalue weighted by Crippen LogP contribution is 2.25. The first-order chi connectivity index (χ1) is 10.1. The molecule has 0 spiro atoms. The standard InChI is InChI=1S/C16H15NO4/c18-13-7-12(8-14(19)9-13)16(20)17-5-6-21-15-4-2-1-3-11(15)10-17/h1-4,7-9,18-19H,5-6,10H2. The van der Waals surface area contributed by atoms with Gasteiger partial charge in [-0.15, -0.1) is 0 Å². The first-order valence-corrected chi connectivity index (χ1v) is 6.66. The molecule has 0 aromatic heterocycles. The van der Waals surface area contributed by atoms with Crippen molar-refractivity contribution < 1.29 is 19.7 Å². The Labute approximate surface area is 122 Å². The third-order valence-electron chi connectivity index (χ3n) is 3.39. The Hall–Kier alpha value is -2.69. The summed E-state index contributed by atoms with van der Waals surface area (Å²) in [6, 6.07) is 11.5. The summed E-state index contributed by atoms with van der Waals surface area (Å²) in [5, 5.41) is 19.0. The number of phenols is 2. The summed E-state index contributed by atoms with van der Waals surface area (Å²) >= 11 is 0. The fourth-order valence-electron chi connectivity index (χ4n) is 2.40. The van der Waals surface area contributed by atoms with Crippen molar-refractivity contribution in [2.45, 2.75) is 6.54 Å². The van der Waals surface area contributed by atoms with Gasteiger partial charge in [0.05, 0.1) is 6.54 Å². The zero-order chi connectivity index (χ0) is 14.8. The number of phenolic OH excluding ortho intramolecular Hbond substituents is 2. The molecule has 0 bridgehead atoms. The smallest absolute Gasteiger partial charge is 0.254 e. The molecule has 2 aromatic carbocycles.